The molecule has 0 unspecified atom stereocenters. The van der Waals surface area contributed by atoms with Crippen LogP contribution in [-0.4, -0.2) is 21.9 Å². The normalized spacial score (nSPS) is 37.2. The summed E-state index contributed by atoms with van der Waals surface area (Å²) >= 11 is 0. The van der Waals surface area contributed by atoms with Crippen LogP contribution in [0.15, 0.2) is 35.5 Å². The van der Waals surface area contributed by atoms with Crippen LogP contribution in [0.5, 0.6) is 0 Å². The second-order valence-electron chi connectivity index (χ2n) is 11.2. The minimum absolute atomic E-state index is 0.192. The maximum atomic E-state index is 10.0. The van der Waals surface area contributed by atoms with Crippen LogP contribution < -0.4 is 0 Å². The summed E-state index contributed by atoms with van der Waals surface area (Å²) < 4.78 is 0. The third-order valence-electron chi connectivity index (χ3n) is 8.36. The molecule has 0 radical (unpaired) electrons. The number of aliphatic hydroxyl groups is 2. The molecule has 3 aliphatic carbocycles. The minimum Gasteiger partial charge on any atom is -0.393 e. The first-order chi connectivity index (χ1) is 13.6. The predicted octanol–water partition coefficient (Wildman–Crippen LogP) is 6.73. The molecular formula is C27H44O2. The van der Waals surface area contributed by atoms with Gasteiger partial charge in [0.15, 0.2) is 0 Å². The van der Waals surface area contributed by atoms with Gasteiger partial charge in [-0.1, -0.05) is 56.6 Å². The second kappa shape index (κ2) is 9.10. The molecule has 164 valence electrons. The fraction of sp³-hybridized carbons (Fsp3) is 0.778. The van der Waals surface area contributed by atoms with Crippen LogP contribution in [0.4, 0.5) is 0 Å². The van der Waals surface area contributed by atoms with Crippen LogP contribution in [0.25, 0.3) is 0 Å². The molecule has 0 aliphatic heterocycles. The average Bonchev–Trinajstić information content (AvgIpc) is 2.99. The van der Waals surface area contributed by atoms with Crippen molar-refractivity contribution in [3.63, 3.8) is 0 Å². The van der Waals surface area contributed by atoms with Gasteiger partial charge in [0, 0.05) is 0 Å². The standard InChI is InChI=1S/C27H44O2/c1-19-10-13-23(28)18-22(19)12-11-21-9-7-17-27(5)24(14-15-25(21)27)20(2)8-6-16-26(3,4)29/h11-12,20,23-25,28-29H,1,6-10,13-18H2,2-5H3/b21-11?,22-12+/t20-,23+,24-,25+,27-/m1/s1. The number of hydrogen-bond acceptors (Lipinski definition) is 2. The summed E-state index contributed by atoms with van der Waals surface area (Å²) in [6.45, 7) is 13.1. The van der Waals surface area contributed by atoms with Crippen LogP contribution >= 0.6 is 0 Å². The molecule has 0 aromatic rings. The predicted molar refractivity (Wildman–Crippen MR) is 123 cm³/mol. The van der Waals surface area contributed by atoms with E-state index in [1.807, 2.05) is 13.8 Å². The van der Waals surface area contributed by atoms with Gasteiger partial charge in [-0.15, -0.1) is 0 Å². The molecule has 3 aliphatic rings. The van der Waals surface area contributed by atoms with Crippen molar-refractivity contribution in [2.75, 3.05) is 0 Å². The summed E-state index contributed by atoms with van der Waals surface area (Å²) in [7, 11) is 0. The van der Waals surface area contributed by atoms with Crippen LogP contribution in [0.2, 0.25) is 0 Å². The van der Waals surface area contributed by atoms with Gasteiger partial charge in [-0.25, -0.2) is 0 Å². The third kappa shape index (κ3) is 5.44. The summed E-state index contributed by atoms with van der Waals surface area (Å²) in [5.74, 6) is 2.26. The number of aliphatic hydroxyl groups excluding tert-OH is 1. The molecule has 5 atom stereocenters. The molecule has 29 heavy (non-hydrogen) atoms. The topological polar surface area (TPSA) is 40.5 Å². The van der Waals surface area contributed by atoms with Crippen molar-refractivity contribution in [3.8, 4) is 0 Å². The Morgan fingerprint density at radius 3 is 2.69 bits per heavy atom. The maximum Gasteiger partial charge on any atom is 0.0591 e. The molecule has 2 nitrogen and oxygen atoms in total. The molecule has 3 saturated carbocycles. The number of allylic oxidation sites excluding steroid dienone is 4. The van der Waals surface area contributed by atoms with E-state index >= 15 is 0 Å². The summed E-state index contributed by atoms with van der Waals surface area (Å²) in [5.41, 5.74) is 4.02. The molecule has 0 bridgehead atoms. The Balaban J connectivity index is 1.68. The van der Waals surface area contributed by atoms with Crippen molar-refractivity contribution in [2.45, 2.75) is 110 Å². The first-order valence-corrected chi connectivity index (χ1v) is 12.1. The highest BCUT2D eigenvalue weighted by atomic mass is 16.3. The van der Waals surface area contributed by atoms with Crippen molar-refractivity contribution < 1.29 is 10.2 Å². The van der Waals surface area contributed by atoms with E-state index in [0.29, 0.717) is 5.41 Å². The first kappa shape index (κ1) is 22.8. The Morgan fingerprint density at radius 2 is 1.97 bits per heavy atom. The lowest BCUT2D eigenvalue weighted by Crippen LogP contribution is -2.36. The zero-order valence-corrected chi connectivity index (χ0v) is 19.3. The van der Waals surface area contributed by atoms with Gasteiger partial charge in [-0.05, 0) is 100 Å². The first-order valence-electron chi connectivity index (χ1n) is 12.1. The lowest BCUT2D eigenvalue weighted by molar-refractivity contribution is 0.0596. The van der Waals surface area contributed by atoms with Gasteiger partial charge in [0.25, 0.3) is 0 Å². The van der Waals surface area contributed by atoms with E-state index < -0.39 is 5.60 Å². The molecule has 0 aromatic heterocycles. The highest BCUT2D eigenvalue weighted by Gasteiger charge is 2.50. The summed E-state index contributed by atoms with van der Waals surface area (Å²) in [6, 6.07) is 0. The van der Waals surface area contributed by atoms with Crippen LogP contribution in [0.3, 0.4) is 0 Å². The van der Waals surface area contributed by atoms with Crippen LogP contribution in [0, 0.1) is 23.2 Å². The lowest BCUT2D eigenvalue weighted by atomic mass is 9.60. The van der Waals surface area contributed by atoms with E-state index in [1.54, 1.807) is 5.57 Å². The smallest absolute Gasteiger partial charge is 0.0591 e. The van der Waals surface area contributed by atoms with Gasteiger partial charge in [-0.2, -0.15) is 0 Å². The van der Waals surface area contributed by atoms with Gasteiger partial charge in [0.1, 0.15) is 0 Å². The summed E-state index contributed by atoms with van der Waals surface area (Å²) in [6.07, 6.45) is 16.9. The maximum absolute atomic E-state index is 10.0. The molecular weight excluding hydrogens is 356 g/mol. The Morgan fingerprint density at radius 1 is 1.21 bits per heavy atom. The zero-order valence-electron chi connectivity index (χ0n) is 19.3. The zero-order chi connectivity index (χ0) is 21.2. The number of rotatable bonds is 6. The van der Waals surface area contributed by atoms with Crippen molar-refractivity contribution in [1.82, 2.24) is 0 Å². The molecule has 0 aromatic carbocycles. The van der Waals surface area contributed by atoms with E-state index in [0.717, 1.165) is 49.9 Å². The quantitative estimate of drug-likeness (QED) is 0.518. The highest BCUT2D eigenvalue weighted by Crippen LogP contribution is 2.60. The van der Waals surface area contributed by atoms with Crippen LogP contribution in [0.1, 0.15) is 98.3 Å². The molecule has 3 fully saturated rings. The number of hydrogen-bond donors (Lipinski definition) is 2. The summed E-state index contributed by atoms with van der Waals surface area (Å²) in [4.78, 5) is 0. The monoisotopic (exact) mass is 400 g/mol. The molecule has 0 spiro atoms. The fourth-order valence-electron chi connectivity index (χ4n) is 6.67. The third-order valence-corrected chi connectivity index (χ3v) is 8.36. The van der Waals surface area contributed by atoms with E-state index in [9.17, 15) is 10.2 Å². The average molecular weight is 401 g/mol. The van der Waals surface area contributed by atoms with E-state index in [2.05, 4.69) is 32.6 Å². The van der Waals surface area contributed by atoms with Crippen molar-refractivity contribution >= 4 is 0 Å². The van der Waals surface area contributed by atoms with Crippen molar-refractivity contribution in [1.29, 1.82) is 0 Å². The van der Waals surface area contributed by atoms with E-state index in [1.165, 1.54) is 49.7 Å². The molecule has 2 N–H and O–H groups in total. The Kier molecular flexibility index (Phi) is 7.16. The molecule has 0 saturated heterocycles. The fourth-order valence-corrected chi connectivity index (χ4v) is 6.67. The SMILES string of the molecule is C=C1CC[C@H](O)C/C1=C\C=C1CCC[C@]2(C)[C@@H]([C@H](C)CCCC(C)(C)O)CC[C@@H]12. The minimum atomic E-state index is -0.535. The van der Waals surface area contributed by atoms with E-state index in [-0.39, 0.29) is 6.10 Å². The van der Waals surface area contributed by atoms with Crippen LogP contribution in [-0.2, 0) is 0 Å². The van der Waals surface area contributed by atoms with Crippen molar-refractivity contribution in [3.05, 3.63) is 35.5 Å². The lowest BCUT2D eigenvalue weighted by Gasteiger charge is -2.44. The van der Waals surface area contributed by atoms with E-state index in [4.69, 9.17) is 0 Å². The Labute approximate surface area is 179 Å². The molecule has 0 heterocycles. The second-order valence-corrected chi connectivity index (χ2v) is 11.2. The Bertz CT molecular complexity index is 650. The molecule has 3 rings (SSSR count). The molecule has 0 amide bonds. The van der Waals surface area contributed by atoms with Gasteiger partial charge >= 0.3 is 0 Å². The van der Waals surface area contributed by atoms with Gasteiger partial charge in [0.05, 0.1) is 11.7 Å². The largest absolute Gasteiger partial charge is 0.393 e. The summed E-state index contributed by atoms with van der Waals surface area (Å²) in [5, 5.41) is 20.1. The highest BCUT2D eigenvalue weighted by molar-refractivity contribution is 5.36. The number of fused-ring (bicyclic) bond motifs is 1. The van der Waals surface area contributed by atoms with Gasteiger partial charge in [-0.3, -0.25) is 0 Å². The Hall–Kier alpha value is -0.860. The van der Waals surface area contributed by atoms with Gasteiger partial charge in [0.2, 0.25) is 0 Å². The molecule has 2 heteroatoms. The van der Waals surface area contributed by atoms with Crippen molar-refractivity contribution in [2.24, 2.45) is 23.2 Å². The van der Waals surface area contributed by atoms with Gasteiger partial charge < -0.3 is 10.2 Å².